The second kappa shape index (κ2) is 6.10. The van der Waals surface area contributed by atoms with Crippen LogP contribution >= 0.6 is 0 Å². The van der Waals surface area contributed by atoms with E-state index < -0.39 is 0 Å². The van der Waals surface area contributed by atoms with Crippen molar-refractivity contribution in [2.45, 2.75) is 19.9 Å². The molecule has 0 aliphatic carbocycles. The molecule has 20 heavy (non-hydrogen) atoms. The number of ether oxygens (including phenoxy) is 1. The number of hydrogen-bond acceptors (Lipinski definition) is 4. The first-order valence-electron chi connectivity index (χ1n) is 6.38. The van der Waals surface area contributed by atoms with E-state index in [1.54, 1.807) is 41.2 Å². The number of nitrogens with zero attached hydrogens (tertiary/aromatic N) is 2. The molecule has 3 N–H and O–H groups in total. The van der Waals surface area contributed by atoms with Crippen LogP contribution in [0.4, 0.5) is 11.5 Å². The monoisotopic (exact) mass is 274 g/mol. The summed E-state index contributed by atoms with van der Waals surface area (Å²) >= 11 is 0. The lowest BCUT2D eigenvalue weighted by molar-refractivity contribution is -0.118. The van der Waals surface area contributed by atoms with Gasteiger partial charge in [0, 0.05) is 17.8 Å². The molecule has 2 rings (SSSR count). The fourth-order valence-electron chi connectivity index (χ4n) is 1.72. The maximum absolute atomic E-state index is 11.8. The number of nitrogens with one attached hydrogen (secondary N) is 1. The maximum Gasteiger partial charge on any atom is 0.263 e. The van der Waals surface area contributed by atoms with Gasteiger partial charge in [0.1, 0.15) is 11.6 Å². The number of amides is 1. The van der Waals surface area contributed by atoms with Crippen molar-refractivity contribution < 1.29 is 9.53 Å². The Morgan fingerprint density at radius 3 is 2.70 bits per heavy atom. The highest BCUT2D eigenvalue weighted by molar-refractivity contribution is 5.91. The molecule has 0 unspecified atom stereocenters. The first-order valence-corrected chi connectivity index (χ1v) is 6.38. The van der Waals surface area contributed by atoms with E-state index >= 15 is 0 Å². The van der Waals surface area contributed by atoms with Crippen molar-refractivity contribution in [2.75, 3.05) is 17.7 Å². The van der Waals surface area contributed by atoms with E-state index in [0.717, 1.165) is 0 Å². The summed E-state index contributed by atoms with van der Waals surface area (Å²) in [6.45, 7) is 3.92. The van der Waals surface area contributed by atoms with Crippen molar-refractivity contribution in [3.05, 3.63) is 36.5 Å². The topological polar surface area (TPSA) is 82.2 Å². The lowest BCUT2D eigenvalue weighted by Crippen LogP contribution is -2.22. The molecular weight excluding hydrogens is 256 g/mol. The van der Waals surface area contributed by atoms with E-state index in [-0.39, 0.29) is 18.6 Å². The van der Waals surface area contributed by atoms with Gasteiger partial charge in [-0.05, 0) is 38.1 Å². The summed E-state index contributed by atoms with van der Waals surface area (Å²) < 4.78 is 7.11. The average molecular weight is 274 g/mol. The molecule has 1 heterocycles. The Morgan fingerprint density at radius 2 is 2.05 bits per heavy atom. The predicted octanol–water partition coefficient (Wildman–Crippen LogP) is 2.06. The van der Waals surface area contributed by atoms with Crippen LogP contribution in [-0.2, 0) is 4.79 Å². The largest absolute Gasteiger partial charge is 0.484 e. The quantitative estimate of drug-likeness (QED) is 0.818. The molecule has 6 nitrogen and oxygen atoms in total. The van der Waals surface area contributed by atoms with Crippen LogP contribution in [0.15, 0.2) is 36.5 Å². The second-order valence-corrected chi connectivity index (χ2v) is 4.66. The fourth-order valence-corrected chi connectivity index (χ4v) is 1.72. The first kappa shape index (κ1) is 13.9. The van der Waals surface area contributed by atoms with Crippen molar-refractivity contribution in [3.8, 4) is 5.75 Å². The zero-order chi connectivity index (χ0) is 14.5. The summed E-state index contributed by atoms with van der Waals surface area (Å²) in [5, 5.41) is 6.91. The van der Waals surface area contributed by atoms with Crippen LogP contribution in [0.25, 0.3) is 0 Å². The molecule has 0 aliphatic rings. The van der Waals surface area contributed by atoms with Gasteiger partial charge in [-0.25, -0.2) is 4.68 Å². The SMILES string of the molecule is CC(C)n1nccc1NC(=O)COc1ccc(N)cc1. The molecule has 0 fully saturated rings. The lowest BCUT2D eigenvalue weighted by Gasteiger charge is -2.12. The molecule has 0 bridgehead atoms. The molecule has 0 saturated carbocycles. The zero-order valence-electron chi connectivity index (χ0n) is 11.5. The van der Waals surface area contributed by atoms with Gasteiger partial charge < -0.3 is 15.8 Å². The Kier molecular flexibility index (Phi) is 4.24. The van der Waals surface area contributed by atoms with E-state index in [2.05, 4.69) is 10.4 Å². The predicted molar refractivity (Wildman–Crippen MR) is 77.6 cm³/mol. The number of benzene rings is 1. The number of hydrogen-bond donors (Lipinski definition) is 2. The highest BCUT2D eigenvalue weighted by atomic mass is 16.5. The molecule has 0 radical (unpaired) electrons. The van der Waals surface area contributed by atoms with Gasteiger partial charge in [0.25, 0.3) is 5.91 Å². The van der Waals surface area contributed by atoms with Crippen molar-refractivity contribution in [2.24, 2.45) is 0 Å². The number of carbonyl (C=O) groups is 1. The number of nitrogen functional groups attached to an aromatic ring is 1. The van der Waals surface area contributed by atoms with Crippen LogP contribution in [0.2, 0.25) is 0 Å². The third-order valence-electron chi connectivity index (χ3n) is 2.68. The highest BCUT2D eigenvalue weighted by Gasteiger charge is 2.09. The van der Waals surface area contributed by atoms with Crippen LogP contribution in [0.3, 0.4) is 0 Å². The molecule has 2 aromatic rings. The molecule has 1 aromatic heterocycles. The van der Waals surface area contributed by atoms with Crippen LogP contribution < -0.4 is 15.8 Å². The van der Waals surface area contributed by atoms with Gasteiger partial charge in [-0.3, -0.25) is 4.79 Å². The Hall–Kier alpha value is -2.50. The fraction of sp³-hybridized carbons (Fsp3) is 0.286. The molecule has 0 atom stereocenters. The minimum absolute atomic E-state index is 0.0623. The normalized spacial score (nSPS) is 10.6. The summed E-state index contributed by atoms with van der Waals surface area (Å²) in [5.41, 5.74) is 6.23. The van der Waals surface area contributed by atoms with Gasteiger partial charge in [0.2, 0.25) is 0 Å². The maximum atomic E-state index is 11.8. The van der Waals surface area contributed by atoms with Crippen molar-refractivity contribution in [3.63, 3.8) is 0 Å². The highest BCUT2D eigenvalue weighted by Crippen LogP contribution is 2.14. The smallest absolute Gasteiger partial charge is 0.263 e. The Morgan fingerprint density at radius 1 is 1.35 bits per heavy atom. The molecule has 6 heteroatoms. The third kappa shape index (κ3) is 3.50. The molecule has 0 saturated heterocycles. The Balaban J connectivity index is 1.89. The first-order chi connectivity index (χ1) is 9.56. The molecular formula is C14H18N4O2. The summed E-state index contributed by atoms with van der Waals surface area (Å²) in [6.07, 6.45) is 1.65. The van der Waals surface area contributed by atoms with E-state index in [1.807, 2.05) is 13.8 Å². The zero-order valence-corrected chi connectivity index (χ0v) is 11.5. The van der Waals surface area contributed by atoms with Gasteiger partial charge in [-0.2, -0.15) is 5.10 Å². The molecule has 1 aromatic carbocycles. The summed E-state index contributed by atoms with van der Waals surface area (Å²) in [4.78, 5) is 11.8. The van der Waals surface area contributed by atoms with Gasteiger partial charge >= 0.3 is 0 Å². The van der Waals surface area contributed by atoms with E-state index in [4.69, 9.17) is 10.5 Å². The lowest BCUT2D eigenvalue weighted by atomic mass is 10.3. The molecule has 1 amide bonds. The van der Waals surface area contributed by atoms with Gasteiger partial charge in [-0.15, -0.1) is 0 Å². The van der Waals surface area contributed by atoms with Crippen LogP contribution in [0.1, 0.15) is 19.9 Å². The molecule has 106 valence electrons. The number of aromatic nitrogens is 2. The average Bonchev–Trinajstić information content (AvgIpc) is 2.86. The standard InChI is InChI=1S/C14H18N4O2/c1-10(2)18-13(7-8-16-18)17-14(19)9-20-12-5-3-11(15)4-6-12/h3-8,10H,9,15H2,1-2H3,(H,17,19). The minimum Gasteiger partial charge on any atom is -0.484 e. The molecule has 0 aliphatic heterocycles. The number of rotatable bonds is 5. The Bertz CT molecular complexity index is 575. The van der Waals surface area contributed by atoms with Gasteiger partial charge in [0.05, 0.1) is 6.20 Å². The van der Waals surface area contributed by atoms with E-state index in [0.29, 0.717) is 17.3 Å². The third-order valence-corrected chi connectivity index (χ3v) is 2.68. The van der Waals surface area contributed by atoms with Crippen molar-refractivity contribution >= 4 is 17.4 Å². The number of nitrogens with two attached hydrogens (primary N) is 1. The van der Waals surface area contributed by atoms with Crippen molar-refractivity contribution in [1.82, 2.24) is 9.78 Å². The van der Waals surface area contributed by atoms with Crippen LogP contribution in [0.5, 0.6) is 5.75 Å². The molecule has 0 spiro atoms. The van der Waals surface area contributed by atoms with Crippen LogP contribution in [-0.4, -0.2) is 22.3 Å². The summed E-state index contributed by atoms with van der Waals surface area (Å²) in [6, 6.07) is 8.82. The van der Waals surface area contributed by atoms with Gasteiger partial charge in [0.15, 0.2) is 6.61 Å². The van der Waals surface area contributed by atoms with E-state index in [9.17, 15) is 4.79 Å². The Labute approximate surface area is 117 Å². The van der Waals surface area contributed by atoms with Crippen molar-refractivity contribution in [1.29, 1.82) is 0 Å². The van der Waals surface area contributed by atoms with Gasteiger partial charge in [-0.1, -0.05) is 0 Å². The van der Waals surface area contributed by atoms with Crippen LogP contribution in [0, 0.1) is 0 Å². The number of carbonyl (C=O) groups excluding carboxylic acids is 1. The summed E-state index contributed by atoms with van der Waals surface area (Å²) in [5.74, 6) is 1.03. The summed E-state index contributed by atoms with van der Waals surface area (Å²) in [7, 11) is 0. The minimum atomic E-state index is -0.232. The number of anilines is 2. The second-order valence-electron chi connectivity index (χ2n) is 4.66. The van der Waals surface area contributed by atoms with E-state index in [1.165, 1.54) is 0 Å².